The molecule has 1 aromatic heterocycles. The van der Waals surface area contributed by atoms with Crippen molar-refractivity contribution in [3.05, 3.63) is 36.0 Å². The minimum atomic E-state index is -0.506. The lowest BCUT2D eigenvalue weighted by atomic mass is 9.86. The van der Waals surface area contributed by atoms with Gasteiger partial charge in [0.1, 0.15) is 6.61 Å². The lowest BCUT2D eigenvalue weighted by Crippen LogP contribution is -2.41. The van der Waals surface area contributed by atoms with Gasteiger partial charge in [0, 0.05) is 17.2 Å². The highest BCUT2D eigenvalue weighted by atomic mass is 19.1. The maximum atomic E-state index is 14.6. The van der Waals surface area contributed by atoms with Gasteiger partial charge in [0.2, 0.25) is 0 Å². The molecule has 0 spiro atoms. The molecule has 132 valence electrons. The van der Waals surface area contributed by atoms with Crippen LogP contribution in [0.4, 0.5) is 4.39 Å². The summed E-state index contributed by atoms with van der Waals surface area (Å²) in [5.74, 6) is -0.0836. The number of aromatic nitrogens is 2. The van der Waals surface area contributed by atoms with Crippen LogP contribution < -0.4 is 10.1 Å². The summed E-state index contributed by atoms with van der Waals surface area (Å²) < 4.78 is 22.1. The van der Waals surface area contributed by atoms with Gasteiger partial charge in [0.15, 0.2) is 11.6 Å². The van der Waals surface area contributed by atoms with Gasteiger partial charge in [-0.15, -0.1) is 0 Å². The molecule has 0 bridgehead atoms. The third kappa shape index (κ3) is 3.01. The molecule has 1 saturated carbocycles. The molecule has 1 fully saturated rings. The van der Waals surface area contributed by atoms with Crippen molar-refractivity contribution in [2.45, 2.75) is 45.2 Å². The second-order valence-electron chi connectivity index (χ2n) is 7.00. The number of amides is 1. The second kappa shape index (κ2) is 6.50. The molecule has 1 aromatic carbocycles. The van der Waals surface area contributed by atoms with Crippen molar-refractivity contribution in [2.75, 3.05) is 6.61 Å². The van der Waals surface area contributed by atoms with E-state index in [9.17, 15) is 9.18 Å². The predicted octanol–water partition coefficient (Wildman–Crippen LogP) is 3.39. The zero-order valence-corrected chi connectivity index (χ0v) is 14.3. The molecular formula is C19H22FN3O2. The number of rotatable bonds is 2. The largest absolute Gasteiger partial charge is 0.488 e. The SMILES string of the molecule is C[C@H]1CCCC[C@H]1NC(=O)c1cc(F)c2c(c1)-c1cncn1CCO2. The summed E-state index contributed by atoms with van der Waals surface area (Å²) in [5, 5.41) is 3.08. The molecule has 2 heterocycles. The Morgan fingerprint density at radius 1 is 1.36 bits per heavy atom. The molecule has 6 heteroatoms. The van der Waals surface area contributed by atoms with Crippen molar-refractivity contribution in [1.29, 1.82) is 0 Å². The Balaban J connectivity index is 1.66. The van der Waals surface area contributed by atoms with Crippen LogP contribution in [0.5, 0.6) is 5.75 Å². The number of fused-ring (bicyclic) bond motifs is 3. The number of hydrogen-bond donors (Lipinski definition) is 1. The summed E-state index contributed by atoms with van der Waals surface area (Å²) in [6.07, 6.45) is 7.82. The van der Waals surface area contributed by atoms with Crippen LogP contribution in [0, 0.1) is 11.7 Å². The molecule has 0 unspecified atom stereocenters. The summed E-state index contributed by atoms with van der Waals surface area (Å²) >= 11 is 0. The number of hydrogen-bond acceptors (Lipinski definition) is 3. The molecule has 1 aliphatic carbocycles. The molecule has 1 N–H and O–H groups in total. The summed E-state index contributed by atoms with van der Waals surface area (Å²) in [6, 6.07) is 3.14. The molecule has 1 aliphatic heterocycles. The first-order chi connectivity index (χ1) is 12.1. The topological polar surface area (TPSA) is 56.2 Å². The molecule has 0 saturated heterocycles. The van der Waals surface area contributed by atoms with Gasteiger partial charge in [0.25, 0.3) is 5.91 Å². The summed E-state index contributed by atoms with van der Waals surface area (Å²) in [5.41, 5.74) is 1.68. The van der Waals surface area contributed by atoms with E-state index in [0.717, 1.165) is 25.0 Å². The van der Waals surface area contributed by atoms with Gasteiger partial charge in [-0.1, -0.05) is 19.8 Å². The van der Waals surface area contributed by atoms with E-state index in [1.54, 1.807) is 18.6 Å². The standard InChI is InChI=1S/C19H22FN3O2/c1-12-4-2-3-5-16(12)22-19(24)13-8-14-17-10-21-11-23(17)6-7-25-18(14)15(20)9-13/h8-12,16H,2-7H2,1H3,(H,22,24)/t12-,16+/m0/s1. The van der Waals surface area contributed by atoms with Crippen molar-refractivity contribution in [3.8, 4) is 17.0 Å². The van der Waals surface area contributed by atoms with Gasteiger partial charge in [-0.2, -0.15) is 0 Å². The molecule has 5 nitrogen and oxygen atoms in total. The van der Waals surface area contributed by atoms with Crippen molar-refractivity contribution in [2.24, 2.45) is 5.92 Å². The second-order valence-corrected chi connectivity index (χ2v) is 7.00. The van der Waals surface area contributed by atoms with Crippen LogP contribution in [0.3, 0.4) is 0 Å². The molecule has 2 atom stereocenters. The normalized spacial score (nSPS) is 22.3. The zero-order valence-electron chi connectivity index (χ0n) is 14.3. The van der Waals surface area contributed by atoms with Crippen LogP contribution in [0.2, 0.25) is 0 Å². The fraction of sp³-hybridized carbons (Fsp3) is 0.474. The molecular weight excluding hydrogens is 321 g/mol. The van der Waals surface area contributed by atoms with Gasteiger partial charge in [0.05, 0.1) is 24.8 Å². The van der Waals surface area contributed by atoms with Gasteiger partial charge in [-0.25, -0.2) is 9.37 Å². The van der Waals surface area contributed by atoms with Crippen molar-refractivity contribution >= 4 is 5.91 Å². The van der Waals surface area contributed by atoms with E-state index < -0.39 is 5.82 Å². The monoisotopic (exact) mass is 343 g/mol. The Bertz CT molecular complexity index is 802. The molecule has 2 aliphatic rings. The van der Waals surface area contributed by atoms with E-state index in [1.165, 1.54) is 12.5 Å². The van der Waals surface area contributed by atoms with E-state index in [0.29, 0.717) is 30.2 Å². The molecule has 1 amide bonds. The van der Waals surface area contributed by atoms with Gasteiger partial charge in [-0.05, 0) is 30.9 Å². The first-order valence-electron chi connectivity index (χ1n) is 8.91. The third-order valence-electron chi connectivity index (χ3n) is 5.30. The quantitative estimate of drug-likeness (QED) is 0.909. The Hall–Kier alpha value is -2.37. The summed E-state index contributed by atoms with van der Waals surface area (Å²) in [6.45, 7) is 3.14. The van der Waals surface area contributed by atoms with Crippen LogP contribution in [0.25, 0.3) is 11.3 Å². The summed E-state index contributed by atoms with van der Waals surface area (Å²) in [4.78, 5) is 16.8. The highest BCUT2D eigenvalue weighted by molar-refractivity contribution is 5.96. The van der Waals surface area contributed by atoms with Crippen molar-refractivity contribution in [3.63, 3.8) is 0 Å². The highest BCUT2D eigenvalue weighted by Crippen LogP contribution is 2.35. The van der Waals surface area contributed by atoms with Crippen LogP contribution in [0.15, 0.2) is 24.7 Å². The van der Waals surface area contributed by atoms with Crippen LogP contribution >= 0.6 is 0 Å². The van der Waals surface area contributed by atoms with Crippen molar-refractivity contribution < 1.29 is 13.9 Å². The number of carbonyl (C=O) groups excluding carboxylic acids is 1. The van der Waals surface area contributed by atoms with Gasteiger partial charge >= 0.3 is 0 Å². The number of imidazole rings is 1. The fourth-order valence-corrected chi connectivity index (χ4v) is 3.81. The minimum Gasteiger partial charge on any atom is -0.488 e. The van der Waals surface area contributed by atoms with Crippen molar-refractivity contribution in [1.82, 2.24) is 14.9 Å². The van der Waals surface area contributed by atoms with E-state index in [2.05, 4.69) is 17.2 Å². The number of carbonyl (C=O) groups is 1. The molecule has 0 radical (unpaired) electrons. The first-order valence-corrected chi connectivity index (χ1v) is 8.91. The third-order valence-corrected chi connectivity index (χ3v) is 5.30. The Morgan fingerprint density at radius 2 is 2.20 bits per heavy atom. The first kappa shape index (κ1) is 16.1. The average Bonchev–Trinajstić information content (AvgIpc) is 2.99. The van der Waals surface area contributed by atoms with Gasteiger partial charge < -0.3 is 14.6 Å². The fourth-order valence-electron chi connectivity index (χ4n) is 3.81. The Labute approximate surface area is 146 Å². The lowest BCUT2D eigenvalue weighted by molar-refractivity contribution is 0.0910. The zero-order chi connectivity index (χ0) is 17.4. The van der Waals surface area contributed by atoms with Crippen LogP contribution in [-0.4, -0.2) is 28.1 Å². The molecule has 25 heavy (non-hydrogen) atoms. The maximum absolute atomic E-state index is 14.6. The van der Waals surface area contributed by atoms with E-state index in [1.807, 2.05) is 4.57 Å². The number of benzene rings is 1. The maximum Gasteiger partial charge on any atom is 0.251 e. The Morgan fingerprint density at radius 3 is 3.04 bits per heavy atom. The van der Waals surface area contributed by atoms with E-state index in [4.69, 9.17) is 4.74 Å². The number of nitrogens with one attached hydrogen (secondary N) is 1. The Kier molecular flexibility index (Phi) is 4.19. The number of ether oxygens (including phenoxy) is 1. The molecule has 4 rings (SSSR count). The minimum absolute atomic E-state index is 0.157. The molecule has 2 aromatic rings. The summed E-state index contributed by atoms with van der Waals surface area (Å²) in [7, 11) is 0. The number of halogens is 1. The number of nitrogens with zero attached hydrogens (tertiary/aromatic N) is 2. The van der Waals surface area contributed by atoms with Gasteiger partial charge in [-0.3, -0.25) is 4.79 Å². The predicted molar refractivity (Wildman–Crippen MR) is 92.0 cm³/mol. The van der Waals surface area contributed by atoms with E-state index in [-0.39, 0.29) is 17.7 Å². The highest BCUT2D eigenvalue weighted by Gasteiger charge is 2.26. The lowest BCUT2D eigenvalue weighted by Gasteiger charge is -2.29. The average molecular weight is 343 g/mol. The van der Waals surface area contributed by atoms with Crippen LogP contribution in [0.1, 0.15) is 43.0 Å². The smallest absolute Gasteiger partial charge is 0.251 e. The van der Waals surface area contributed by atoms with E-state index >= 15 is 0 Å². The van der Waals surface area contributed by atoms with Crippen LogP contribution in [-0.2, 0) is 6.54 Å².